The molecule has 4 rings (SSSR count). The highest BCUT2D eigenvalue weighted by molar-refractivity contribution is 7.90. The van der Waals surface area contributed by atoms with Crippen LogP contribution in [-0.2, 0) is 21.2 Å². The van der Waals surface area contributed by atoms with Gasteiger partial charge in [-0.15, -0.1) is 0 Å². The molecule has 2 atom stereocenters. The molecule has 1 saturated heterocycles. The summed E-state index contributed by atoms with van der Waals surface area (Å²) in [6.07, 6.45) is 8.81. The smallest absolute Gasteiger partial charge is 0.225 e. The normalized spacial score (nSPS) is 22.1. The fourth-order valence-electron chi connectivity index (χ4n) is 4.52. The lowest BCUT2D eigenvalue weighted by molar-refractivity contribution is 0.104. The molecule has 31 heavy (non-hydrogen) atoms. The van der Waals surface area contributed by atoms with Gasteiger partial charge in [-0.2, -0.15) is 0 Å². The summed E-state index contributed by atoms with van der Waals surface area (Å²) >= 11 is 0. The summed E-state index contributed by atoms with van der Waals surface area (Å²) < 4.78 is 29.0. The fraction of sp³-hybridized carbons (Fsp3) is 0.583. The van der Waals surface area contributed by atoms with E-state index in [9.17, 15) is 8.42 Å². The lowest BCUT2D eigenvalue weighted by Crippen LogP contribution is -2.35. The standard InChI is InChI=1S/C24H33N3O3S/c1-17(2)21-13-25-24(26-14-21)27-10-8-19(9-11-27)23-12-20(23)16-30-15-18-4-6-22(7-5-18)31(3,28)29/h4-7,13-14,17,19-20,23H,8-12,15-16H2,1-3H3/t20?,23-/m1/s1. The Morgan fingerprint density at radius 1 is 1.10 bits per heavy atom. The van der Waals surface area contributed by atoms with Crippen LogP contribution in [0.4, 0.5) is 5.95 Å². The Morgan fingerprint density at radius 3 is 2.32 bits per heavy atom. The molecule has 1 aliphatic carbocycles. The first-order chi connectivity index (χ1) is 14.8. The van der Waals surface area contributed by atoms with Crippen LogP contribution in [-0.4, -0.2) is 44.3 Å². The summed E-state index contributed by atoms with van der Waals surface area (Å²) in [6.45, 7) is 7.71. The number of aromatic nitrogens is 2. The van der Waals surface area contributed by atoms with Gasteiger partial charge in [0.05, 0.1) is 18.1 Å². The molecule has 1 saturated carbocycles. The van der Waals surface area contributed by atoms with Crippen molar-refractivity contribution in [3.63, 3.8) is 0 Å². The molecule has 6 nitrogen and oxygen atoms in total. The summed E-state index contributed by atoms with van der Waals surface area (Å²) in [5, 5.41) is 0. The highest BCUT2D eigenvalue weighted by Gasteiger charge is 2.43. The second kappa shape index (κ2) is 9.25. The van der Waals surface area contributed by atoms with Gasteiger partial charge in [0, 0.05) is 31.7 Å². The zero-order chi connectivity index (χ0) is 22.0. The quantitative estimate of drug-likeness (QED) is 0.612. The molecule has 7 heteroatoms. The van der Waals surface area contributed by atoms with Gasteiger partial charge in [0.1, 0.15) is 0 Å². The minimum atomic E-state index is -3.14. The van der Waals surface area contributed by atoms with Crippen LogP contribution < -0.4 is 4.90 Å². The monoisotopic (exact) mass is 443 g/mol. The lowest BCUT2D eigenvalue weighted by atomic mass is 9.91. The van der Waals surface area contributed by atoms with Gasteiger partial charge in [-0.3, -0.25) is 0 Å². The highest BCUT2D eigenvalue weighted by Crippen LogP contribution is 2.48. The van der Waals surface area contributed by atoms with Gasteiger partial charge in [0.25, 0.3) is 0 Å². The number of sulfone groups is 1. The van der Waals surface area contributed by atoms with E-state index in [2.05, 4.69) is 28.7 Å². The number of hydrogen-bond acceptors (Lipinski definition) is 6. The predicted molar refractivity (Wildman–Crippen MR) is 122 cm³/mol. The van der Waals surface area contributed by atoms with Crippen molar-refractivity contribution < 1.29 is 13.2 Å². The van der Waals surface area contributed by atoms with Crippen molar-refractivity contribution in [2.45, 2.75) is 50.5 Å². The molecule has 1 aromatic carbocycles. The van der Waals surface area contributed by atoms with Crippen molar-refractivity contribution >= 4 is 15.8 Å². The van der Waals surface area contributed by atoms with E-state index in [1.165, 1.54) is 31.1 Å². The molecule has 1 unspecified atom stereocenters. The first-order valence-electron chi connectivity index (χ1n) is 11.2. The number of piperidine rings is 1. The average molecular weight is 444 g/mol. The van der Waals surface area contributed by atoms with Crippen LogP contribution in [0.25, 0.3) is 0 Å². The first-order valence-corrected chi connectivity index (χ1v) is 13.1. The molecule has 0 spiro atoms. The Bertz CT molecular complexity index is 966. The zero-order valence-corrected chi connectivity index (χ0v) is 19.5. The van der Waals surface area contributed by atoms with Gasteiger partial charge in [0.2, 0.25) is 5.95 Å². The lowest BCUT2D eigenvalue weighted by Gasteiger charge is -2.32. The minimum Gasteiger partial charge on any atom is -0.376 e. The number of benzene rings is 1. The van der Waals surface area contributed by atoms with Crippen molar-refractivity contribution in [1.82, 2.24) is 9.97 Å². The van der Waals surface area contributed by atoms with E-state index in [0.717, 1.165) is 43.0 Å². The molecule has 2 heterocycles. The second-order valence-electron chi connectivity index (χ2n) is 9.39. The third kappa shape index (κ3) is 5.63. The number of rotatable bonds is 8. The summed E-state index contributed by atoms with van der Waals surface area (Å²) in [4.78, 5) is 11.8. The molecule has 2 aromatic rings. The van der Waals surface area contributed by atoms with Crippen LogP contribution in [0, 0.1) is 17.8 Å². The summed E-state index contributed by atoms with van der Waals surface area (Å²) in [6, 6.07) is 6.99. The third-order valence-corrected chi connectivity index (χ3v) is 7.81. The van der Waals surface area contributed by atoms with E-state index in [-0.39, 0.29) is 0 Å². The van der Waals surface area contributed by atoms with E-state index >= 15 is 0 Å². The largest absolute Gasteiger partial charge is 0.376 e. The van der Waals surface area contributed by atoms with Crippen molar-refractivity contribution in [1.29, 1.82) is 0 Å². The van der Waals surface area contributed by atoms with Crippen molar-refractivity contribution in [3.05, 3.63) is 47.8 Å². The fourth-order valence-corrected chi connectivity index (χ4v) is 5.15. The molecule has 1 aliphatic heterocycles. The predicted octanol–water partition coefficient (Wildman–Crippen LogP) is 4.07. The Kier molecular flexibility index (Phi) is 6.63. The Morgan fingerprint density at radius 2 is 1.74 bits per heavy atom. The molecule has 2 aliphatic rings. The highest BCUT2D eigenvalue weighted by atomic mass is 32.2. The van der Waals surface area contributed by atoms with Crippen LogP contribution in [0.1, 0.15) is 50.2 Å². The molecule has 0 bridgehead atoms. The number of nitrogens with zero attached hydrogens (tertiary/aromatic N) is 3. The maximum atomic E-state index is 11.5. The van der Waals surface area contributed by atoms with Crippen LogP contribution >= 0.6 is 0 Å². The van der Waals surface area contributed by atoms with E-state index in [4.69, 9.17) is 4.74 Å². The zero-order valence-electron chi connectivity index (χ0n) is 18.7. The van der Waals surface area contributed by atoms with E-state index < -0.39 is 9.84 Å². The molecule has 0 radical (unpaired) electrons. The molecule has 2 fully saturated rings. The number of ether oxygens (including phenoxy) is 1. The SMILES string of the molecule is CC(C)c1cnc(N2CCC([C@H]3CC3COCc3ccc(S(C)(=O)=O)cc3)CC2)nc1. The molecular weight excluding hydrogens is 410 g/mol. The maximum absolute atomic E-state index is 11.5. The van der Waals surface area contributed by atoms with Crippen LogP contribution in [0.3, 0.4) is 0 Å². The maximum Gasteiger partial charge on any atom is 0.225 e. The van der Waals surface area contributed by atoms with Crippen LogP contribution in [0.15, 0.2) is 41.6 Å². The van der Waals surface area contributed by atoms with Crippen molar-refractivity contribution in [2.24, 2.45) is 17.8 Å². The average Bonchev–Trinajstić information content (AvgIpc) is 3.53. The van der Waals surface area contributed by atoms with Gasteiger partial charge < -0.3 is 9.64 Å². The molecule has 0 amide bonds. The van der Waals surface area contributed by atoms with Gasteiger partial charge in [-0.25, -0.2) is 18.4 Å². The van der Waals surface area contributed by atoms with E-state index in [1.807, 2.05) is 24.5 Å². The van der Waals surface area contributed by atoms with Gasteiger partial charge in [-0.1, -0.05) is 26.0 Å². The Hall–Kier alpha value is -1.99. The molecule has 168 valence electrons. The van der Waals surface area contributed by atoms with Crippen molar-refractivity contribution in [3.8, 4) is 0 Å². The van der Waals surface area contributed by atoms with Crippen LogP contribution in [0.2, 0.25) is 0 Å². The van der Waals surface area contributed by atoms with Crippen molar-refractivity contribution in [2.75, 3.05) is 30.9 Å². The van der Waals surface area contributed by atoms with E-state index in [0.29, 0.717) is 23.3 Å². The van der Waals surface area contributed by atoms with E-state index in [1.54, 1.807) is 12.1 Å². The van der Waals surface area contributed by atoms with Crippen LogP contribution in [0.5, 0.6) is 0 Å². The minimum absolute atomic E-state index is 0.353. The topological polar surface area (TPSA) is 72.4 Å². The molecule has 0 N–H and O–H groups in total. The number of hydrogen-bond donors (Lipinski definition) is 0. The van der Waals surface area contributed by atoms with Gasteiger partial charge in [0.15, 0.2) is 9.84 Å². The third-order valence-electron chi connectivity index (χ3n) is 6.68. The second-order valence-corrected chi connectivity index (χ2v) is 11.4. The van der Waals surface area contributed by atoms with Gasteiger partial charge >= 0.3 is 0 Å². The molecule has 1 aromatic heterocycles. The molecular formula is C24H33N3O3S. The summed E-state index contributed by atoms with van der Waals surface area (Å²) in [7, 11) is -3.14. The first kappa shape index (κ1) is 22.2. The number of anilines is 1. The Labute approximate surface area is 186 Å². The summed E-state index contributed by atoms with van der Waals surface area (Å²) in [5.74, 6) is 3.53. The Balaban J connectivity index is 1.18. The summed E-state index contributed by atoms with van der Waals surface area (Å²) in [5.41, 5.74) is 2.20. The van der Waals surface area contributed by atoms with Gasteiger partial charge in [-0.05, 0) is 66.2 Å².